The zero-order chi connectivity index (χ0) is 22.4. The second kappa shape index (κ2) is 10.2. The van der Waals surface area contributed by atoms with Gasteiger partial charge in [0, 0.05) is 6.04 Å². The molecule has 0 spiro atoms. The van der Waals surface area contributed by atoms with E-state index in [1.165, 1.54) is 4.31 Å². The van der Waals surface area contributed by atoms with E-state index in [0.29, 0.717) is 16.0 Å². The average molecular weight is 442 g/mol. The fourth-order valence-electron chi connectivity index (χ4n) is 4.37. The molecular weight excluding hydrogens is 410 g/mol. The topological polar surface area (TPSA) is 78.8 Å². The molecule has 1 aliphatic carbocycles. The summed E-state index contributed by atoms with van der Waals surface area (Å²) in [6, 6.07) is 13.0. The fourth-order valence-corrected chi connectivity index (χ4v) is 6.42. The zero-order valence-electron chi connectivity index (χ0n) is 18.5. The van der Waals surface area contributed by atoms with Crippen LogP contribution >= 0.6 is 0 Å². The van der Waals surface area contributed by atoms with Crippen molar-refractivity contribution >= 4 is 22.1 Å². The van der Waals surface area contributed by atoms with Crippen molar-refractivity contribution < 1.29 is 13.2 Å². The van der Waals surface area contributed by atoms with E-state index >= 15 is 0 Å². The molecule has 0 aromatic heterocycles. The lowest BCUT2D eigenvalue weighted by atomic mass is 9.95. The molecule has 0 heterocycles. The minimum Gasteiger partial charge on any atom is -0.272 e. The summed E-state index contributed by atoms with van der Waals surface area (Å²) in [4.78, 5) is 13.0. The van der Waals surface area contributed by atoms with Crippen molar-refractivity contribution in [1.82, 2.24) is 9.73 Å². The third-order valence-corrected chi connectivity index (χ3v) is 7.86. The first-order valence-electron chi connectivity index (χ1n) is 10.8. The van der Waals surface area contributed by atoms with Crippen LogP contribution in [0.2, 0.25) is 0 Å². The summed E-state index contributed by atoms with van der Waals surface area (Å²) >= 11 is 0. The van der Waals surface area contributed by atoms with Gasteiger partial charge >= 0.3 is 0 Å². The first-order chi connectivity index (χ1) is 14.8. The molecule has 1 N–H and O–H groups in total. The molecule has 2 aromatic carbocycles. The molecule has 0 atom stereocenters. The SMILES string of the molecule is Cc1cc(C)c(S(=O)(=O)N(CC(=O)N/N=C/c2ccccc2)C2CCCCC2)c(C)c1. The van der Waals surface area contributed by atoms with Crippen molar-refractivity contribution in [2.24, 2.45) is 5.10 Å². The molecule has 166 valence electrons. The maximum Gasteiger partial charge on any atom is 0.255 e. The van der Waals surface area contributed by atoms with E-state index < -0.39 is 15.9 Å². The van der Waals surface area contributed by atoms with Gasteiger partial charge in [0.15, 0.2) is 0 Å². The number of aryl methyl sites for hydroxylation is 3. The second-order valence-corrected chi connectivity index (χ2v) is 10.1. The number of hydrogen-bond donors (Lipinski definition) is 1. The number of carbonyl (C=O) groups is 1. The van der Waals surface area contributed by atoms with Gasteiger partial charge in [0.2, 0.25) is 10.0 Å². The van der Waals surface area contributed by atoms with Gasteiger partial charge in [-0.1, -0.05) is 67.3 Å². The number of rotatable bonds is 7. The molecule has 3 rings (SSSR count). The number of benzene rings is 2. The summed E-state index contributed by atoms with van der Waals surface area (Å²) in [5.74, 6) is -0.441. The number of hydrogen-bond acceptors (Lipinski definition) is 4. The van der Waals surface area contributed by atoms with Crippen LogP contribution in [0.3, 0.4) is 0 Å². The Morgan fingerprint density at radius 3 is 2.29 bits per heavy atom. The molecule has 0 unspecified atom stereocenters. The summed E-state index contributed by atoms with van der Waals surface area (Å²) in [7, 11) is -3.83. The summed E-state index contributed by atoms with van der Waals surface area (Å²) in [6.07, 6.45) is 6.12. The van der Waals surface area contributed by atoms with Crippen molar-refractivity contribution in [3.05, 3.63) is 64.7 Å². The lowest BCUT2D eigenvalue weighted by Gasteiger charge is -2.33. The van der Waals surface area contributed by atoms with Gasteiger partial charge in [0.1, 0.15) is 0 Å². The highest BCUT2D eigenvalue weighted by atomic mass is 32.2. The Hall–Kier alpha value is -2.51. The van der Waals surface area contributed by atoms with E-state index in [-0.39, 0.29) is 12.6 Å². The molecule has 6 nitrogen and oxygen atoms in total. The zero-order valence-corrected chi connectivity index (χ0v) is 19.3. The predicted octanol–water partition coefficient (Wildman–Crippen LogP) is 4.09. The van der Waals surface area contributed by atoms with Crippen molar-refractivity contribution in [3.63, 3.8) is 0 Å². The normalized spacial score (nSPS) is 15.5. The van der Waals surface area contributed by atoms with Crippen LogP contribution in [-0.2, 0) is 14.8 Å². The standard InChI is InChI=1S/C24H31N3O3S/c1-18-14-19(2)24(20(3)15-18)31(29,30)27(22-12-8-5-9-13-22)17-23(28)26-25-16-21-10-6-4-7-11-21/h4,6-7,10-11,14-16,22H,5,8-9,12-13,17H2,1-3H3,(H,26,28)/b25-16+. The summed E-state index contributed by atoms with van der Waals surface area (Å²) in [6.45, 7) is 5.34. The number of nitrogens with one attached hydrogen (secondary N) is 1. The Kier molecular flexibility index (Phi) is 7.62. The van der Waals surface area contributed by atoms with Gasteiger partial charge in [0.05, 0.1) is 17.7 Å². The van der Waals surface area contributed by atoms with Crippen LogP contribution in [0, 0.1) is 20.8 Å². The highest BCUT2D eigenvalue weighted by Gasteiger charge is 2.35. The van der Waals surface area contributed by atoms with Crippen LogP contribution in [0.1, 0.15) is 54.4 Å². The third kappa shape index (κ3) is 5.80. The lowest BCUT2D eigenvalue weighted by Crippen LogP contribution is -2.46. The fraction of sp³-hybridized carbons (Fsp3) is 0.417. The van der Waals surface area contributed by atoms with Gasteiger partial charge in [0.25, 0.3) is 5.91 Å². The third-order valence-electron chi connectivity index (χ3n) is 5.66. The molecular formula is C24H31N3O3S. The molecule has 0 saturated heterocycles. The van der Waals surface area contributed by atoms with Crippen molar-refractivity contribution in [1.29, 1.82) is 0 Å². The monoisotopic (exact) mass is 441 g/mol. The first-order valence-corrected chi connectivity index (χ1v) is 12.2. The number of sulfonamides is 1. The Labute approximate surface area is 185 Å². The molecule has 1 fully saturated rings. The predicted molar refractivity (Wildman–Crippen MR) is 124 cm³/mol. The molecule has 1 amide bonds. The van der Waals surface area contributed by atoms with E-state index in [0.717, 1.165) is 43.2 Å². The second-order valence-electron chi connectivity index (χ2n) is 8.27. The average Bonchev–Trinajstić information content (AvgIpc) is 2.72. The minimum atomic E-state index is -3.83. The molecule has 2 aromatic rings. The Balaban J connectivity index is 1.84. The summed E-state index contributed by atoms with van der Waals surface area (Å²) in [5.41, 5.74) is 5.78. The minimum absolute atomic E-state index is 0.178. The van der Waals surface area contributed by atoms with Gasteiger partial charge in [-0.3, -0.25) is 4.79 Å². The summed E-state index contributed by atoms with van der Waals surface area (Å²) < 4.78 is 28.8. The highest BCUT2D eigenvalue weighted by Crippen LogP contribution is 2.31. The van der Waals surface area contributed by atoms with Crippen LogP contribution in [0.4, 0.5) is 0 Å². The maximum atomic E-state index is 13.7. The van der Waals surface area contributed by atoms with Gasteiger partial charge < -0.3 is 0 Å². The molecule has 1 aliphatic rings. The first kappa shape index (κ1) is 23.2. The van der Waals surface area contributed by atoms with Crippen molar-refractivity contribution in [2.75, 3.05) is 6.54 Å². The van der Waals surface area contributed by atoms with Crippen LogP contribution < -0.4 is 5.43 Å². The van der Waals surface area contributed by atoms with Crippen LogP contribution in [0.5, 0.6) is 0 Å². The number of nitrogens with zero attached hydrogens (tertiary/aromatic N) is 2. The van der Waals surface area contributed by atoms with Crippen molar-refractivity contribution in [2.45, 2.75) is 63.8 Å². The smallest absolute Gasteiger partial charge is 0.255 e. The van der Waals surface area contributed by atoms with E-state index in [9.17, 15) is 13.2 Å². The van der Waals surface area contributed by atoms with E-state index in [4.69, 9.17) is 0 Å². The van der Waals surface area contributed by atoms with Crippen molar-refractivity contribution in [3.8, 4) is 0 Å². The lowest BCUT2D eigenvalue weighted by molar-refractivity contribution is -0.121. The van der Waals surface area contributed by atoms with Gasteiger partial charge in [-0.25, -0.2) is 13.8 Å². The van der Waals surface area contributed by atoms with Crippen LogP contribution in [0.25, 0.3) is 0 Å². The number of hydrazone groups is 1. The highest BCUT2D eigenvalue weighted by molar-refractivity contribution is 7.89. The Morgan fingerprint density at radius 1 is 1.06 bits per heavy atom. The van der Waals surface area contributed by atoms with Gasteiger partial charge in [-0.15, -0.1) is 0 Å². The number of amides is 1. The molecule has 7 heteroatoms. The Bertz CT molecular complexity index is 1020. The Morgan fingerprint density at radius 2 is 1.68 bits per heavy atom. The van der Waals surface area contributed by atoms with E-state index in [1.807, 2.05) is 63.2 Å². The number of carbonyl (C=O) groups excluding carboxylic acids is 1. The molecule has 0 bridgehead atoms. The molecule has 1 saturated carbocycles. The van der Waals surface area contributed by atoms with Crippen LogP contribution in [0.15, 0.2) is 52.5 Å². The largest absolute Gasteiger partial charge is 0.272 e. The maximum absolute atomic E-state index is 13.7. The van der Waals surface area contributed by atoms with E-state index in [2.05, 4.69) is 10.5 Å². The summed E-state index contributed by atoms with van der Waals surface area (Å²) in [5, 5.41) is 4.00. The van der Waals surface area contributed by atoms with Gasteiger partial charge in [-0.2, -0.15) is 9.41 Å². The quantitative estimate of drug-likeness (QED) is 0.519. The van der Waals surface area contributed by atoms with E-state index in [1.54, 1.807) is 6.21 Å². The molecule has 0 radical (unpaired) electrons. The van der Waals surface area contributed by atoms with Gasteiger partial charge in [-0.05, 0) is 50.3 Å². The molecule has 31 heavy (non-hydrogen) atoms. The van der Waals surface area contributed by atoms with Crippen LogP contribution in [-0.4, -0.2) is 37.4 Å². The molecule has 0 aliphatic heterocycles.